The number of nitrogens with one attached hydrogen (secondary N) is 2. The maximum Gasteiger partial charge on any atom is 0.238 e. The molecule has 29 heavy (non-hydrogen) atoms. The number of aryl methyl sites for hydroxylation is 1. The van der Waals surface area contributed by atoms with Gasteiger partial charge in [-0.25, -0.2) is 8.42 Å². The highest BCUT2D eigenvalue weighted by molar-refractivity contribution is 7.90. The first-order valence-corrected chi connectivity index (χ1v) is 11.8. The van der Waals surface area contributed by atoms with Crippen molar-refractivity contribution < 1.29 is 13.2 Å². The first-order valence-electron chi connectivity index (χ1n) is 9.93. The second kappa shape index (κ2) is 9.55. The fraction of sp³-hybridized carbons (Fsp3) is 0.435. The number of amides is 1. The van der Waals surface area contributed by atoms with Gasteiger partial charge in [0, 0.05) is 18.0 Å². The molecule has 158 valence electrons. The van der Waals surface area contributed by atoms with E-state index in [1.54, 1.807) is 12.1 Å². The number of hydrogen-bond donors (Lipinski definition) is 2. The number of benzene rings is 2. The molecule has 2 rings (SSSR count). The Morgan fingerprint density at radius 3 is 2.07 bits per heavy atom. The minimum Gasteiger partial charge on any atom is -0.325 e. The Balaban J connectivity index is 2.08. The molecule has 2 N–H and O–H groups in total. The van der Waals surface area contributed by atoms with Gasteiger partial charge in [0.25, 0.3) is 0 Å². The zero-order valence-electron chi connectivity index (χ0n) is 18.1. The zero-order valence-corrected chi connectivity index (χ0v) is 18.9. The summed E-state index contributed by atoms with van der Waals surface area (Å²) >= 11 is 0. The Hall–Kier alpha value is -2.18. The highest BCUT2D eigenvalue weighted by Crippen LogP contribution is 2.24. The summed E-state index contributed by atoms with van der Waals surface area (Å²) in [5.41, 5.74) is 3.76. The molecule has 1 amide bonds. The smallest absolute Gasteiger partial charge is 0.238 e. The highest BCUT2D eigenvalue weighted by Gasteiger charge is 2.18. The summed E-state index contributed by atoms with van der Waals surface area (Å²) in [5.74, 6) is 0.581. The van der Waals surface area contributed by atoms with Gasteiger partial charge in [-0.2, -0.15) is 0 Å². The second-order valence-corrected chi connectivity index (χ2v) is 10.2. The van der Waals surface area contributed by atoms with Gasteiger partial charge in [-0.05, 0) is 47.6 Å². The maximum absolute atomic E-state index is 12.5. The largest absolute Gasteiger partial charge is 0.325 e. The van der Waals surface area contributed by atoms with Crippen molar-refractivity contribution >= 4 is 21.4 Å². The summed E-state index contributed by atoms with van der Waals surface area (Å²) in [6.07, 6.45) is 1.16. The molecule has 0 spiro atoms. The van der Waals surface area contributed by atoms with Crippen LogP contribution in [0.25, 0.3) is 0 Å². The van der Waals surface area contributed by atoms with Crippen molar-refractivity contribution in [2.75, 3.05) is 18.1 Å². The fourth-order valence-corrected chi connectivity index (χ4v) is 3.84. The van der Waals surface area contributed by atoms with Crippen LogP contribution in [0.2, 0.25) is 0 Å². The lowest BCUT2D eigenvalue weighted by Crippen LogP contribution is -2.33. The molecule has 0 heterocycles. The van der Waals surface area contributed by atoms with Gasteiger partial charge in [0.05, 0.1) is 11.4 Å². The number of carbonyl (C=O) groups excluding carboxylic acids is 1. The SMILES string of the molecule is Cc1ccc(S(C)(=O)=O)cc1NC(=O)CNC(c1ccc(C(C)C)cc1)C(C)C. The van der Waals surface area contributed by atoms with Crippen molar-refractivity contribution in [3.63, 3.8) is 0 Å². The van der Waals surface area contributed by atoms with Crippen molar-refractivity contribution in [1.82, 2.24) is 5.32 Å². The van der Waals surface area contributed by atoms with Gasteiger partial charge in [0.2, 0.25) is 5.91 Å². The molecule has 6 heteroatoms. The summed E-state index contributed by atoms with van der Waals surface area (Å²) in [4.78, 5) is 12.7. The van der Waals surface area contributed by atoms with E-state index in [1.165, 1.54) is 11.6 Å². The summed E-state index contributed by atoms with van der Waals surface area (Å²) in [6.45, 7) is 10.5. The van der Waals surface area contributed by atoms with Crippen molar-refractivity contribution in [2.24, 2.45) is 5.92 Å². The molecule has 0 saturated heterocycles. The molecule has 0 aliphatic carbocycles. The Morgan fingerprint density at radius 1 is 0.966 bits per heavy atom. The fourth-order valence-electron chi connectivity index (χ4n) is 3.19. The molecular formula is C23H32N2O3S. The molecule has 1 unspecified atom stereocenters. The third-order valence-corrected chi connectivity index (χ3v) is 6.13. The lowest BCUT2D eigenvalue weighted by molar-refractivity contribution is -0.115. The van der Waals surface area contributed by atoms with Gasteiger partial charge in [0.1, 0.15) is 0 Å². The number of carbonyl (C=O) groups is 1. The molecule has 0 aliphatic rings. The third kappa shape index (κ3) is 6.41. The standard InChI is InChI=1S/C23H32N2O3S/c1-15(2)18-8-10-19(11-9-18)23(16(3)4)24-14-22(26)25-21-13-20(29(6,27)28)12-7-17(21)5/h7-13,15-16,23-24H,14H2,1-6H3,(H,25,26). The van der Waals surface area contributed by atoms with E-state index in [0.29, 0.717) is 17.5 Å². The van der Waals surface area contributed by atoms with Crippen LogP contribution in [0.15, 0.2) is 47.4 Å². The van der Waals surface area contributed by atoms with E-state index in [2.05, 4.69) is 62.6 Å². The van der Waals surface area contributed by atoms with E-state index < -0.39 is 9.84 Å². The third-order valence-electron chi connectivity index (χ3n) is 5.02. The molecule has 0 aliphatic heterocycles. The first-order chi connectivity index (χ1) is 13.5. The van der Waals surface area contributed by atoms with Crippen LogP contribution in [0.1, 0.15) is 56.3 Å². The van der Waals surface area contributed by atoms with Crippen molar-refractivity contribution in [3.05, 3.63) is 59.2 Å². The number of anilines is 1. The van der Waals surface area contributed by atoms with Gasteiger partial charge in [0.15, 0.2) is 9.84 Å². The molecule has 2 aromatic rings. The molecule has 0 aromatic heterocycles. The van der Waals surface area contributed by atoms with Gasteiger partial charge >= 0.3 is 0 Å². The Kier molecular flexibility index (Phi) is 7.60. The van der Waals surface area contributed by atoms with Crippen molar-refractivity contribution in [3.8, 4) is 0 Å². The molecule has 0 bridgehead atoms. The molecule has 2 aromatic carbocycles. The van der Waals surface area contributed by atoms with E-state index >= 15 is 0 Å². The lowest BCUT2D eigenvalue weighted by atomic mass is 9.93. The van der Waals surface area contributed by atoms with Gasteiger partial charge in [-0.3, -0.25) is 4.79 Å². The average molecular weight is 417 g/mol. The number of sulfone groups is 1. The van der Waals surface area contributed by atoms with Crippen LogP contribution in [0, 0.1) is 12.8 Å². The normalized spacial score (nSPS) is 13.0. The Morgan fingerprint density at radius 2 is 1.55 bits per heavy atom. The van der Waals surface area contributed by atoms with E-state index in [4.69, 9.17) is 0 Å². The molecule has 0 radical (unpaired) electrons. The first kappa shape index (κ1) is 23.1. The second-order valence-electron chi connectivity index (χ2n) is 8.22. The van der Waals surface area contributed by atoms with E-state index in [-0.39, 0.29) is 23.4 Å². The van der Waals surface area contributed by atoms with E-state index in [0.717, 1.165) is 17.4 Å². The van der Waals surface area contributed by atoms with Crippen LogP contribution in [-0.4, -0.2) is 27.1 Å². The molecular weight excluding hydrogens is 384 g/mol. The predicted molar refractivity (Wildman–Crippen MR) is 119 cm³/mol. The average Bonchev–Trinajstić information content (AvgIpc) is 2.63. The van der Waals surface area contributed by atoms with Crippen LogP contribution < -0.4 is 10.6 Å². The minimum absolute atomic E-state index is 0.0467. The molecule has 5 nitrogen and oxygen atoms in total. The minimum atomic E-state index is -3.33. The quantitative estimate of drug-likeness (QED) is 0.667. The van der Waals surface area contributed by atoms with Gasteiger partial charge in [-0.1, -0.05) is 58.0 Å². The summed E-state index contributed by atoms with van der Waals surface area (Å²) in [5, 5.41) is 6.16. The molecule has 0 fully saturated rings. The van der Waals surface area contributed by atoms with Crippen LogP contribution in [0.4, 0.5) is 5.69 Å². The number of hydrogen-bond acceptors (Lipinski definition) is 4. The lowest BCUT2D eigenvalue weighted by Gasteiger charge is -2.23. The van der Waals surface area contributed by atoms with Crippen molar-refractivity contribution in [2.45, 2.75) is 51.5 Å². The summed E-state index contributed by atoms with van der Waals surface area (Å²) in [7, 11) is -3.33. The van der Waals surface area contributed by atoms with E-state index in [9.17, 15) is 13.2 Å². The van der Waals surface area contributed by atoms with Crippen LogP contribution in [-0.2, 0) is 14.6 Å². The van der Waals surface area contributed by atoms with Gasteiger partial charge in [-0.15, -0.1) is 0 Å². The summed E-state index contributed by atoms with van der Waals surface area (Å²) < 4.78 is 23.5. The van der Waals surface area contributed by atoms with Crippen LogP contribution >= 0.6 is 0 Å². The maximum atomic E-state index is 12.5. The van der Waals surface area contributed by atoms with Gasteiger partial charge < -0.3 is 10.6 Å². The van der Waals surface area contributed by atoms with E-state index in [1.807, 2.05) is 6.92 Å². The Labute approximate surface area is 174 Å². The monoisotopic (exact) mass is 416 g/mol. The number of rotatable bonds is 8. The predicted octanol–water partition coefficient (Wildman–Crippen LogP) is 4.45. The Bertz CT molecular complexity index is 949. The summed E-state index contributed by atoms with van der Waals surface area (Å²) in [6, 6.07) is 13.3. The molecule has 0 saturated carbocycles. The highest BCUT2D eigenvalue weighted by atomic mass is 32.2. The van der Waals surface area contributed by atoms with Crippen LogP contribution in [0.5, 0.6) is 0 Å². The zero-order chi connectivity index (χ0) is 21.8. The van der Waals surface area contributed by atoms with Crippen LogP contribution in [0.3, 0.4) is 0 Å². The molecule has 1 atom stereocenters. The topological polar surface area (TPSA) is 75.3 Å². The van der Waals surface area contributed by atoms with Crippen molar-refractivity contribution in [1.29, 1.82) is 0 Å².